The Balaban J connectivity index is 2.41. The average molecular weight is 213 g/mol. The third-order valence-electron chi connectivity index (χ3n) is 3.16. The zero-order valence-corrected chi connectivity index (χ0v) is 9.83. The monoisotopic (exact) mass is 213 g/mol. The molecule has 0 bridgehead atoms. The maximum atomic E-state index is 11.8. The second kappa shape index (κ2) is 6.11. The maximum absolute atomic E-state index is 11.8. The van der Waals surface area contributed by atoms with Gasteiger partial charge in [-0.2, -0.15) is 0 Å². The Morgan fingerprint density at radius 2 is 2.07 bits per heavy atom. The minimum atomic E-state index is 0.0440. The Hall–Kier alpha value is -0.570. The number of amides is 1. The van der Waals surface area contributed by atoms with Gasteiger partial charge in [0.05, 0.1) is 0 Å². The first-order valence-corrected chi connectivity index (χ1v) is 6.03. The summed E-state index contributed by atoms with van der Waals surface area (Å²) in [6, 6.07) is 0. The molecule has 0 saturated heterocycles. The maximum Gasteiger partial charge on any atom is 0.223 e. The van der Waals surface area contributed by atoms with Gasteiger partial charge in [-0.1, -0.05) is 26.7 Å². The SMILES string of the molecule is CC(C)CNC(=O)C1CCCCC1CO. The van der Waals surface area contributed by atoms with E-state index in [4.69, 9.17) is 0 Å². The van der Waals surface area contributed by atoms with Gasteiger partial charge in [-0.15, -0.1) is 0 Å². The number of hydrogen-bond donors (Lipinski definition) is 2. The fraction of sp³-hybridized carbons (Fsp3) is 0.917. The quantitative estimate of drug-likeness (QED) is 0.744. The van der Waals surface area contributed by atoms with Gasteiger partial charge in [0.1, 0.15) is 0 Å². The molecule has 3 heteroatoms. The fourth-order valence-corrected chi connectivity index (χ4v) is 2.21. The van der Waals surface area contributed by atoms with Crippen LogP contribution < -0.4 is 5.32 Å². The average Bonchev–Trinajstić information content (AvgIpc) is 2.25. The highest BCUT2D eigenvalue weighted by molar-refractivity contribution is 5.79. The lowest BCUT2D eigenvalue weighted by Gasteiger charge is -2.29. The van der Waals surface area contributed by atoms with Crippen molar-refractivity contribution in [1.82, 2.24) is 5.32 Å². The van der Waals surface area contributed by atoms with Crippen LogP contribution in [0.15, 0.2) is 0 Å². The highest BCUT2D eigenvalue weighted by atomic mass is 16.3. The molecule has 0 aromatic heterocycles. The highest BCUT2D eigenvalue weighted by Gasteiger charge is 2.29. The summed E-state index contributed by atoms with van der Waals surface area (Å²) >= 11 is 0. The summed E-state index contributed by atoms with van der Waals surface area (Å²) in [5.74, 6) is 0.862. The molecule has 88 valence electrons. The van der Waals surface area contributed by atoms with Crippen LogP contribution in [0.2, 0.25) is 0 Å². The van der Waals surface area contributed by atoms with Gasteiger partial charge in [0.15, 0.2) is 0 Å². The minimum absolute atomic E-state index is 0.0440. The van der Waals surface area contributed by atoms with Crippen molar-refractivity contribution in [2.24, 2.45) is 17.8 Å². The molecule has 2 N–H and O–H groups in total. The van der Waals surface area contributed by atoms with Crippen LogP contribution in [-0.4, -0.2) is 24.2 Å². The molecule has 0 aliphatic heterocycles. The normalized spacial score (nSPS) is 26.7. The van der Waals surface area contributed by atoms with E-state index >= 15 is 0 Å². The van der Waals surface area contributed by atoms with Crippen LogP contribution >= 0.6 is 0 Å². The fourth-order valence-electron chi connectivity index (χ4n) is 2.21. The van der Waals surface area contributed by atoms with Crippen molar-refractivity contribution in [3.05, 3.63) is 0 Å². The molecule has 1 rings (SSSR count). The lowest BCUT2D eigenvalue weighted by atomic mass is 9.79. The molecule has 1 aliphatic rings. The summed E-state index contributed by atoms with van der Waals surface area (Å²) in [5, 5.41) is 12.2. The third kappa shape index (κ3) is 3.82. The van der Waals surface area contributed by atoms with E-state index in [2.05, 4.69) is 19.2 Å². The molecule has 15 heavy (non-hydrogen) atoms. The molecular weight excluding hydrogens is 190 g/mol. The molecule has 1 saturated carbocycles. The zero-order valence-electron chi connectivity index (χ0n) is 9.83. The standard InChI is InChI=1S/C12H23NO2/c1-9(2)7-13-12(15)11-6-4-3-5-10(11)8-14/h9-11,14H,3-8H2,1-2H3,(H,13,15). The molecule has 1 amide bonds. The lowest BCUT2D eigenvalue weighted by molar-refractivity contribution is -0.128. The van der Waals surface area contributed by atoms with Gasteiger partial charge in [-0.25, -0.2) is 0 Å². The molecule has 0 radical (unpaired) electrons. The van der Waals surface area contributed by atoms with E-state index in [0.29, 0.717) is 5.92 Å². The van der Waals surface area contributed by atoms with Crippen LogP contribution in [0.3, 0.4) is 0 Å². The largest absolute Gasteiger partial charge is 0.396 e. The number of nitrogens with one attached hydrogen (secondary N) is 1. The van der Waals surface area contributed by atoms with E-state index < -0.39 is 0 Å². The van der Waals surface area contributed by atoms with Crippen molar-refractivity contribution in [2.75, 3.05) is 13.2 Å². The van der Waals surface area contributed by atoms with E-state index in [9.17, 15) is 9.90 Å². The van der Waals surface area contributed by atoms with E-state index in [0.717, 1.165) is 32.2 Å². The zero-order chi connectivity index (χ0) is 11.3. The second-order valence-electron chi connectivity index (χ2n) is 4.97. The summed E-state index contributed by atoms with van der Waals surface area (Å²) in [6.45, 7) is 5.07. The summed E-state index contributed by atoms with van der Waals surface area (Å²) in [7, 11) is 0. The van der Waals surface area contributed by atoms with Crippen molar-refractivity contribution >= 4 is 5.91 Å². The topological polar surface area (TPSA) is 49.3 Å². The Bertz CT molecular complexity index is 204. The van der Waals surface area contributed by atoms with E-state index in [-0.39, 0.29) is 24.3 Å². The molecule has 2 atom stereocenters. The number of aliphatic hydroxyl groups is 1. The first-order chi connectivity index (χ1) is 7.15. The molecule has 0 aromatic carbocycles. The van der Waals surface area contributed by atoms with Crippen molar-refractivity contribution < 1.29 is 9.90 Å². The highest BCUT2D eigenvalue weighted by Crippen LogP contribution is 2.29. The number of hydrogen-bond acceptors (Lipinski definition) is 2. The molecule has 0 spiro atoms. The van der Waals surface area contributed by atoms with Crippen molar-refractivity contribution in [2.45, 2.75) is 39.5 Å². The van der Waals surface area contributed by atoms with Gasteiger partial charge < -0.3 is 10.4 Å². The Morgan fingerprint density at radius 3 is 2.67 bits per heavy atom. The third-order valence-corrected chi connectivity index (χ3v) is 3.16. The van der Waals surface area contributed by atoms with Crippen LogP contribution in [0, 0.1) is 17.8 Å². The summed E-state index contributed by atoms with van der Waals surface area (Å²) < 4.78 is 0. The summed E-state index contributed by atoms with van der Waals surface area (Å²) in [6.07, 6.45) is 4.21. The smallest absolute Gasteiger partial charge is 0.223 e. The molecule has 3 nitrogen and oxygen atoms in total. The van der Waals surface area contributed by atoms with Crippen molar-refractivity contribution in [1.29, 1.82) is 0 Å². The Morgan fingerprint density at radius 1 is 1.40 bits per heavy atom. The van der Waals surface area contributed by atoms with Crippen LogP contribution in [-0.2, 0) is 4.79 Å². The molecule has 1 aliphatic carbocycles. The number of rotatable bonds is 4. The predicted octanol–water partition coefficient (Wildman–Crippen LogP) is 1.56. The van der Waals surface area contributed by atoms with Gasteiger partial charge in [-0.3, -0.25) is 4.79 Å². The summed E-state index contributed by atoms with van der Waals surface area (Å²) in [5.41, 5.74) is 0. The molecule has 1 fully saturated rings. The van der Waals surface area contributed by atoms with Gasteiger partial charge in [0, 0.05) is 19.1 Å². The molecule has 0 heterocycles. The lowest BCUT2D eigenvalue weighted by Crippen LogP contribution is -2.39. The van der Waals surface area contributed by atoms with Gasteiger partial charge in [0.2, 0.25) is 5.91 Å². The molecule has 2 unspecified atom stereocenters. The van der Waals surface area contributed by atoms with E-state index in [1.807, 2.05) is 0 Å². The Kier molecular flexibility index (Phi) is 5.09. The van der Waals surface area contributed by atoms with Gasteiger partial charge in [-0.05, 0) is 24.7 Å². The second-order valence-corrected chi connectivity index (χ2v) is 4.97. The Labute approximate surface area is 92.3 Å². The first-order valence-electron chi connectivity index (χ1n) is 6.03. The van der Waals surface area contributed by atoms with Crippen LogP contribution in [0.1, 0.15) is 39.5 Å². The minimum Gasteiger partial charge on any atom is -0.396 e. The van der Waals surface area contributed by atoms with E-state index in [1.165, 1.54) is 0 Å². The predicted molar refractivity (Wildman–Crippen MR) is 60.4 cm³/mol. The molecular formula is C12H23NO2. The number of carbonyl (C=O) groups excluding carboxylic acids is 1. The van der Waals surface area contributed by atoms with Crippen LogP contribution in [0.4, 0.5) is 0 Å². The number of aliphatic hydroxyl groups excluding tert-OH is 1. The summed E-state index contributed by atoms with van der Waals surface area (Å²) in [4.78, 5) is 11.8. The van der Waals surface area contributed by atoms with E-state index in [1.54, 1.807) is 0 Å². The van der Waals surface area contributed by atoms with Crippen LogP contribution in [0.25, 0.3) is 0 Å². The van der Waals surface area contributed by atoms with Crippen molar-refractivity contribution in [3.8, 4) is 0 Å². The van der Waals surface area contributed by atoms with Crippen LogP contribution in [0.5, 0.6) is 0 Å². The van der Waals surface area contributed by atoms with Crippen molar-refractivity contribution in [3.63, 3.8) is 0 Å². The number of carbonyl (C=O) groups is 1. The van der Waals surface area contributed by atoms with Gasteiger partial charge >= 0.3 is 0 Å². The first kappa shape index (κ1) is 12.5. The van der Waals surface area contributed by atoms with Gasteiger partial charge in [0.25, 0.3) is 0 Å². The molecule has 0 aromatic rings.